The van der Waals surface area contributed by atoms with Gasteiger partial charge in [0, 0.05) is 11.7 Å². The number of amides is 1. The summed E-state index contributed by atoms with van der Waals surface area (Å²) in [6.45, 7) is 3.86. The van der Waals surface area contributed by atoms with Crippen LogP contribution in [-0.4, -0.2) is 35.1 Å². The Morgan fingerprint density at radius 1 is 1.22 bits per heavy atom. The average molecular weight is 372 g/mol. The highest BCUT2D eigenvalue weighted by Crippen LogP contribution is 2.55. The molecule has 27 heavy (non-hydrogen) atoms. The Kier molecular flexibility index (Phi) is 4.82. The van der Waals surface area contributed by atoms with Crippen molar-refractivity contribution in [2.75, 3.05) is 6.61 Å². The van der Waals surface area contributed by atoms with E-state index in [-0.39, 0.29) is 22.9 Å². The van der Waals surface area contributed by atoms with Crippen LogP contribution >= 0.6 is 0 Å². The molecule has 1 aromatic heterocycles. The van der Waals surface area contributed by atoms with Gasteiger partial charge in [-0.3, -0.25) is 4.79 Å². The molecular weight excluding hydrogens is 344 g/mol. The van der Waals surface area contributed by atoms with Crippen LogP contribution in [0.15, 0.2) is 18.3 Å². The number of nitrogens with one attached hydrogen (secondary N) is 1. The molecular formula is C21H28N2O4. The highest BCUT2D eigenvalue weighted by Gasteiger charge is 2.51. The number of esters is 1. The van der Waals surface area contributed by atoms with E-state index in [0.29, 0.717) is 6.61 Å². The standard InChI is InChI=1S/C21H28N2O4/c1-3-26-19-17(5-4-6-22-19)20(25)27-13(2)18(24)23-21-10-14-7-15(11-21)9-16(8-14)12-21/h4-6,13-16H,3,7-12H2,1-2H3,(H,23,24)/t13-,14?,15?,16?,21?/m1/s1. The fourth-order valence-electron chi connectivity index (χ4n) is 5.70. The van der Waals surface area contributed by atoms with Crippen LogP contribution in [0.3, 0.4) is 0 Å². The monoisotopic (exact) mass is 372 g/mol. The van der Waals surface area contributed by atoms with Crippen molar-refractivity contribution in [3.05, 3.63) is 23.9 Å². The molecule has 0 saturated heterocycles. The molecule has 1 N–H and O–H groups in total. The van der Waals surface area contributed by atoms with Crippen molar-refractivity contribution in [1.29, 1.82) is 0 Å². The fraction of sp³-hybridized carbons (Fsp3) is 0.667. The van der Waals surface area contributed by atoms with Crippen LogP contribution in [0, 0.1) is 17.8 Å². The molecule has 4 bridgehead atoms. The molecule has 4 aliphatic carbocycles. The van der Waals surface area contributed by atoms with Crippen LogP contribution in [0.2, 0.25) is 0 Å². The Hall–Kier alpha value is -2.11. The van der Waals surface area contributed by atoms with Gasteiger partial charge in [0.25, 0.3) is 5.91 Å². The fourth-order valence-corrected chi connectivity index (χ4v) is 5.70. The van der Waals surface area contributed by atoms with Gasteiger partial charge < -0.3 is 14.8 Å². The van der Waals surface area contributed by atoms with E-state index in [1.807, 2.05) is 6.92 Å². The van der Waals surface area contributed by atoms with Crippen molar-refractivity contribution in [3.8, 4) is 5.88 Å². The van der Waals surface area contributed by atoms with Gasteiger partial charge >= 0.3 is 5.97 Å². The van der Waals surface area contributed by atoms with E-state index in [2.05, 4.69) is 10.3 Å². The molecule has 0 unspecified atom stereocenters. The first-order chi connectivity index (χ1) is 13.0. The number of nitrogens with zero attached hydrogens (tertiary/aromatic N) is 1. The zero-order valence-corrected chi connectivity index (χ0v) is 16.1. The topological polar surface area (TPSA) is 77.5 Å². The third-order valence-electron chi connectivity index (χ3n) is 6.35. The summed E-state index contributed by atoms with van der Waals surface area (Å²) in [7, 11) is 0. The molecule has 5 rings (SSSR count). The Balaban J connectivity index is 1.39. The number of carbonyl (C=O) groups excluding carboxylic acids is 2. The van der Waals surface area contributed by atoms with Gasteiger partial charge in [-0.15, -0.1) is 0 Å². The van der Waals surface area contributed by atoms with Crippen LogP contribution in [0.5, 0.6) is 5.88 Å². The minimum atomic E-state index is -0.847. The summed E-state index contributed by atoms with van der Waals surface area (Å²) in [6, 6.07) is 3.25. The molecule has 1 heterocycles. The van der Waals surface area contributed by atoms with Crippen molar-refractivity contribution in [2.24, 2.45) is 17.8 Å². The second kappa shape index (κ2) is 7.13. The molecule has 1 atom stereocenters. The SMILES string of the molecule is CCOc1ncccc1C(=O)O[C@H](C)C(=O)NC12CC3CC(CC(C3)C1)C2. The Morgan fingerprint density at radius 2 is 1.85 bits per heavy atom. The largest absolute Gasteiger partial charge is 0.477 e. The Bertz CT molecular complexity index is 697. The summed E-state index contributed by atoms with van der Waals surface area (Å²) >= 11 is 0. The van der Waals surface area contributed by atoms with Crippen molar-refractivity contribution < 1.29 is 19.1 Å². The average Bonchev–Trinajstić information content (AvgIpc) is 2.60. The third-order valence-corrected chi connectivity index (χ3v) is 6.35. The van der Waals surface area contributed by atoms with E-state index in [0.717, 1.165) is 37.0 Å². The van der Waals surface area contributed by atoms with Crippen LogP contribution in [0.25, 0.3) is 0 Å². The minimum absolute atomic E-state index is 0.0860. The quantitative estimate of drug-likeness (QED) is 0.777. The molecule has 6 heteroatoms. The first-order valence-electron chi connectivity index (χ1n) is 10.1. The second-order valence-corrected chi connectivity index (χ2v) is 8.52. The predicted molar refractivity (Wildman–Crippen MR) is 99.3 cm³/mol. The summed E-state index contributed by atoms with van der Waals surface area (Å²) in [5, 5.41) is 3.26. The highest BCUT2D eigenvalue weighted by atomic mass is 16.5. The minimum Gasteiger partial charge on any atom is -0.477 e. The Morgan fingerprint density at radius 3 is 2.44 bits per heavy atom. The van der Waals surface area contributed by atoms with E-state index in [9.17, 15) is 9.59 Å². The molecule has 0 radical (unpaired) electrons. The molecule has 0 spiro atoms. The number of rotatable bonds is 6. The van der Waals surface area contributed by atoms with Crippen LogP contribution in [0.4, 0.5) is 0 Å². The number of aromatic nitrogens is 1. The van der Waals surface area contributed by atoms with Crippen LogP contribution in [0.1, 0.15) is 62.7 Å². The molecule has 146 valence electrons. The maximum atomic E-state index is 12.8. The Labute approximate surface area is 160 Å². The molecule has 6 nitrogen and oxygen atoms in total. The molecule has 4 fully saturated rings. The first-order valence-corrected chi connectivity index (χ1v) is 10.1. The van der Waals surface area contributed by atoms with Gasteiger partial charge in [-0.05, 0) is 82.3 Å². The molecule has 1 aromatic rings. The lowest BCUT2D eigenvalue weighted by atomic mass is 9.53. The van der Waals surface area contributed by atoms with Crippen LogP contribution in [-0.2, 0) is 9.53 Å². The lowest BCUT2D eigenvalue weighted by Crippen LogP contribution is -2.61. The van der Waals surface area contributed by atoms with Crippen molar-refractivity contribution in [3.63, 3.8) is 0 Å². The van der Waals surface area contributed by atoms with Gasteiger partial charge in [-0.2, -0.15) is 0 Å². The summed E-state index contributed by atoms with van der Waals surface area (Å²) in [5.74, 6) is 1.70. The summed E-state index contributed by atoms with van der Waals surface area (Å²) in [6.07, 6.45) is 7.89. The molecule has 4 aliphatic rings. The molecule has 0 aromatic carbocycles. The second-order valence-electron chi connectivity index (χ2n) is 8.52. The smallest absolute Gasteiger partial charge is 0.344 e. The number of carbonyl (C=O) groups is 2. The lowest BCUT2D eigenvalue weighted by molar-refractivity contribution is -0.134. The van der Waals surface area contributed by atoms with E-state index >= 15 is 0 Å². The molecule has 1 amide bonds. The number of pyridine rings is 1. The summed E-state index contributed by atoms with van der Waals surface area (Å²) in [5.41, 5.74) is 0.158. The van der Waals surface area contributed by atoms with Crippen molar-refractivity contribution in [2.45, 2.75) is 64.0 Å². The van der Waals surface area contributed by atoms with Crippen molar-refractivity contribution in [1.82, 2.24) is 10.3 Å². The van der Waals surface area contributed by atoms with Gasteiger partial charge in [-0.1, -0.05) is 0 Å². The van der Waals surface area contributed by atoms with E-state index in [4.69, 9.17) is 9.47 Å². The van der Waals surface area contributed by atoms with Crippen LogP contribution < -0.4 is 10.1 Å². The van der Waals surface area contributed by atoms with Gasteiger partial charge in [0.2, 0.25) is 5.88 Å². The highest BCUT2D eigenvalue weighted by molar-refractivity contribution is 5.94. The lowest BCUT2D eigenvalue weighted by Gasteiger charge is -2.57. The van der Waals surface area contributed by atoms with E-state index in [1.165, 1.54) is 19.3 Å². The zero-order valence-electron chi connectivity index (χ0n) is 16.1. The molecule has 0 aliphatic heterocycles. The normalized spacial score (nSPS) is 32.0. The maximum Gasteiger partial charge on any atom is 0.344 e. The van der Waals surface area contributed by atoms with E-state index in [1.54, 1.807) is 25.3 Å². The zero-order chi connectivity index (χ0) is 19.0. The van der Waals surface area contributed by atoms with Crippen molar-refractivity contribution >= 4 is 11.9 Å². The molecule has 4 saturated carbocycles. The summed E-state index contributed by atoms with van der Waals surface area (Å²) < 4.78 is 10.8. The van der Waals surface area contributed by atoms with Gasteiger partial charge in [0.1, 0.15) is 5.56 Å². The number of ether oxygens (including phenoxy) is 2. The van der Waals surface area contributed by atoms with E-state index < -0.39 is 12.1 Å². The first kappa shape index (κ1) is 18.3. The van der Waals surface area contributed by atoms with Gasteiger partial charge in [-0.25, -0.2) is 9.78 Å². The third kappa shape index (κ3) is 3.66. The van der Waals surface area contributed by atoms with Gasteiger partial charge in [0.05, 0.1) is 6.61 Å². The van der Waals surface area contributed by atoms with Gasteiger partial charge in [0.15, 0.2) is 6.10 Å². The maximum absolute atomic E-state index is 12.8. The number of hydrogen-bond acceptors (Lipinski definition) is 5. The summed E-state index contributed by atoms with van der Waals surface area (Å²) in [4.78, 5) is 29.3. The number of hydrogen-bond donors (Lipinski definition) is 1. The predicted octanol–water partition coefficient (Wildman–Crippen LogP) is 3.11.